The summed E-state index contributed by atoms with van der Waals surface area (Å²) >= 11 is 0. The van der Waals surface area contributed by atoms with Gasteiger partial charge in [0.25, 0.3) is 0 Å². The Morgan fingerprint density at radius 3 is 2.40 bits per heavy atom. The number of H-pyrrole nitrogens is 1. The number of carbonyl (C=O) groups excluding carboxylic acids is 3. The summed E-state index contributed by atoms with van der Waals surface area (Å²) in [5.74, 6) is -2.97. The molecule has 0 radical (unpaired) electrons. The smallest absolute Gasteiger partial charge is 0.326 e. The summed E-state index contributed by atoms with van der Waals surface area (Å²) in [5, 5.41) is 18.0. The van der Waals surface area contributed by atoms with Crippen molar-refractivity contribution >= 4 is 34.6 Å². The van der Waals surface area contributed by atoms with Gasteiger partial charge in [-0.05, 0) is 43.4 Å². The van der Waals surface area contributed by atoms with Crippen molar-refractivity contribution in [1.82, 2.24) is 20.9 Å². The highest BCUT2D eigenvalue weighted by Crippen LogP contribution is 2.19. The predicted octanol–water partition coefficient (Wildman–Crippen LogP) is -0.00690. The standard InChI is InChI=1S/C24H36N6O5/c1-14(2)21(26)23(33)30-18(9-5-6-10-25)22(32)28-13-20(31)29-19(24(34)35)11-15-12-27-17-8-4-3-7-16(15)17/h3-4,7-8,12,14,18-19,21,27H,5-6,9-11,13,25-26H2,1-2H3,(H,28,32)(H,29,31)(H,30,33)(H,34,35). The van der Waals surface area contributed by atoms with Gasteiger partial charge in [-0.1, -0.05) is 32.0 Å². The minimum atomic E-state index is -1.19. The second kappa shape index (κ2) is 13.4. The molecule has 1 aromatic carbocycles. The van der Waals surface area contributed by atoms with E-state index in [-0.39, 0.29) is 12.3 Å². The van der Waals surface area contributed by atoms with Crippen molar-refractivity contribution < 1.29 is 24.3 Å². The van der Waals surface area contributed by atoms with Crippen LogP contribution in [0.1, 0.15) is 38.7 Å². The van der Waals surface area contributed by atoms with Crippen molar-refractivity contribution in [3.8, 4) is 0 Å². The number of carboxylic acids is 1. The molecule has 2 aromatic rings. The number of para-hydroxylation sites is 1. The van der Waals surface area contributed by atoms with Gasteiger partial charge in [-0.25, -0.2) is 4.79 Å². The number of benzene rings is 1. The number of aliphatic carboxylic acids is 1. The first-order valence-corrected chi connectivity index (χ1v) is 11.7. The van der Waals surface area contributed by atoms with Crippen LogP contribution in [0.15, 0.2) is 30.5 Å². The summed E-state index contributed by atoms with van der Waals surface area (Å²) in [4.78, 5) is 52.3. The van der Waals surface area contributed by atoms with Crippen LogP contribution in [0, 0.1) is 5.92 Å². The summed E-state index contributed by atoms with van der Waals surface area (Å²) in [6, 6.07) is 4.62. The van der Waals surface area contributed by atoms with Crippen molar-refractivity contribution in [3.05, 3.63) is 36.0 Å². The summed E-state index contributed by atoms with van der Waals surface area (Å²) in [6.45, 7) is 3.61. The first-order chi connectivity index (χ1) is 16.6. The Kier molecular flexibility index (Phi) is 10.7. The summed E-state index contributed by atoms with van der Waals surface area (Å²) in [5.41, 5.74) is 13.0. The van der Waals surface area contributed by atoms with E-state index in [0.29, 0.717) is 25.8 Å². The van der Waals surface area contributed by atoms with Crippen LogP contribution in [0.4, 0.5) is 0 Å². The van der Waals surface area contributed by atoms with Crippen LogP contribution in [0.5, 0.6) is 0 Å². The van der Waals surface area contributed by atoms with E-state index in [0.717, 1.165) is 16.5 Å². The van der Waals surface area contributed by atoms with Gasteiger partial charge in [0, 0.05) is 23.5 Å². The molecule has 0 fully saturated rings. The number of fused-ring (bicyclic) bond motifs is 1. The largest absolute Gasteiger partial charge is 0.480 e. The third-order valence-electron chi connectivity index (χ3n) is 5.76. The van der Waals surface area contributed by atoms with Crippen LogP contribution in [-0.2, 0) is 25.6 Å². The number of carboxylic acid groups (broad SMARTS) is 1. The number of hydrogen-bond acceptors (Lipinski definition) is 6. The molecule has 0 saturated heterocycles. The molecule has 0 aliphatic heterocycles. The lowest BCUT2D eigenvalue weighted by Gasteiger charge is -2.22. The van der Waals surface area contributed by atoms with E-state index in [4.69, 9.17) is 11.5 Å². The zero-order valence-corrected chi connectivity index (χ0v) is 20.2. The second-order valence-electron chi connectivity index (χ2n) is 8.86. The van der Waals surface area contributed by atoms with Crippen molar-refractivity contribution in [1.29, 1.82) is 0 Å². The highest BCUT2D eigenvalue weighted by atomic mass is 16.4. The minimum Gasteiger partial charge on any atom is -0.480 e. The van der Waals surface area contributed by atoms with Gasteiger partial charge in [0.1, 0.15) is 12.1 Å². The van der Waals surface area contributed by atoms with Gasteiger partial charge in [-0.3, -0.25) is 14.4 Å². The predicted molar refractivity (Wildman–Crippen MR) is 132 cm³/mol. The summed E-state index contributed by atoms with van der Waals surface area (Å²) in [6.07, 6.45) is 3.39. The molecule has 3 unspecified atom stereocenters. The van der Waals surface area contributed by atoms with E-state index < -0.39 is 48.4 Å². The Labute approximate surface area is 204 Å². The van der Waals surface area contributed by atoms with Gasteiger partial charge in [0.05, 0.1) is 12.6 Å². The van der Waals surface area contributed by atoms with E-state index in [1.165, 1.54) is 0 Å². The van der Waals surface area contributed by atoms with Gasteiger partial charge >= 0.3 is 5.97 Å². The van der Waals surface area contributed by atoms with E-state index in [9.17, 15) is 24.3 Å². The van der Waals surface area contributed by atoms with Crippen LogP contribution in [0.3, 0.4) is 0 Å². The third kappa shape index (κ3) is 8.37. The van der Waals surface area contributed by atoms with Gasteiger partial charge in [-0.15, -0.1) is 0 Å². The van der Waals surface area contributed by atoms with Crippen LogP contribution in [0.25, 0.3) is 10.9 Å². The number of carbonyl (C=O) groups is 4. The summed E-state index contributed by atoms with van der Waals surface area (Å²) < 4.78 is 0. The lowest BCUT2D eigenvalue weighted by Crippen LogP contribution is -2.54. The first kappa shape index (κ1) is 27.8. The maximum absolute atomic E-state index is 12.7. The zero-order valence-electron chi connectivity index (χ0n) is 20.2. The normalized spacial score (nSPS) is 13.7. The van der Waals surface area contributed by atoms with Crippen LogP contribution >= 0.6 is 0 Å². The highest BCUT2D eigenvalue weighted by molar-refractivity contribution is 5.93. The number of amides is 3. The second-order valence-corrected chi connectivity index (χ2v) is 8.86. The molecule has 0 aliphatic rings. The molecule has 1 heterocycles. The van der Waals surface area contributed by atoms with Crippen molar-refractivity contribution in [2.45, 2.75) is 57.7 Å². The van der Waals surface area contributed by atoms with Crippen LogP contribution in [0.2, 0.25) is 0 Å². The molecule has 1 aromatic heterocycles. The number of unbranched alkanes of at least 4 members (excludes halogenated alkanes) is 1. The molecule has 0 aliphatic carbocycles. The molecule has 11 nitrogen and oxygen atoms in total. The topological polar surface area (TPSA) is 192 Å². The van der Waals surface area contributed by atoms with Crippen LogP contribution in [-0.4, -0.2) is 65.0 Å². The third-order valence-corrected chi connectivity index (χ3v) is 5.76. The molecule has 2 rings (SSSR count). The average Bonchev–Trinajstić information content (AvgIpc) is 3.23. The fraction of sp³-hybridized carbons (Fsp3) is 0.500. The molecule has 35 heavy (non-hydrogen) atoms. The van der Waals surface area contributed by atoms with Crippen LogP contribution < -0.4 is 27.4 Å². The van der Waals surface area contributed by atoms with Gasteiger partial charge < -0.3 is 37.5 Å². The number of aromatic amines is 1. The maximum Gasteiger partial charge on any atom is 0.326 e. The monoisotopic (exact) mass is 488 g/mol. The molecule has 9 N–H and O–H groups in total. The maximum atomic E-state index is 12.7. The number of hydrogen-bond donors (Lipinski definition) is 7. The molecule has 3 atom stereocenters. The molecule has 0 spiro atoms. The number of rotatable bonds is 14. The van der Waals surface area contributed by atoms with Gasteiger partial charge in [0.15, 0.2) is 0 Å². The van der Waals surface area contributed by atoms with Crippen molar-refractivity contribution in [2.24, 2.45) is 17.4 Å². The minimum absolute atomic E-state index is 0.0733. The molecule has 3 amide bonds. The SMILES string of the molecule is CC(C)C(N)C(=O)NC(CCCCN)C(=O)NCC(=O)NC(Cc1c[nH]c2ccccc12)C(=O)O. The number of aromatic nitrogens is 1. The Morgan fingerprint density at radius 2 is 1.74 bits per heavy atom. The Morgan fingerprint density at radius 1 is 1.03 bits per heavy atom. The first-order valence-electron chi connectivity index (χ1n) is 11.7. The molecular formula is C24H36N6O5. The number of nitrogens with one attached hydrogen (secondary N) is 4. The fourth-order valence-corrected chi connectivity index (χ4v) is 3.59. The van der Waals surface area contributed by atoms with Gasteiger partial charge in [0.2, 0.25) is 17.7 Å². The number of nitrogens with two attached hydrogens (primary N) is 2. The molecule has 0 bridgehead atoms. The van der Waals surface area contributed by atoms with E-state index in [2.05, 4.69) is 20.9 Å². The fourth-order valence-electron chi connectivity index (χ4n) is 3.59. The molecule has 11 heteroatoms. The van der Waals surface area contributed by atoms with E-state index >= 15 is 0 Å². The van der Waals surface area contributed by atoms with Gasteiger partial charge in [-0.2, -0.15) is 0 Å². The molecule has 192 valence electrons. The molecular weight excluding hydrogens is 452 g/mol. The Bertz CT molecular complexity index is 1020. The van der Waals surface area contributed by atoms with E-state index in [1.807, 2.05) is 24.3 Å². The quantitative estimate of drug-likeness (QED) is 0.182. The molecule has 0 saturated carbocycles. The van der Waals surface area contributed by atoms with Crippen molar-refractivity contribution in [3.63, 3.8) is 0 Å². The lowest BCUT2D eigenvalue weighted by molar-refractivity contribution is -0.141. The average molecular weight is 489 g/mol. The lowest BCUT2D eigenvalue weighted by atomic mass is 10.0. The highest BCUT2D eigenvalue weighted by Gasteiger charge is 2.26. The summed E-state index contributed by atoms with van der Waals surface area (Å²) in [7, 11) is 0. The van der Waals surface area contributed by atoms with E-state index in [1.54, 1.807) is 20.0 Å². The Balaban J connectivity index is 1.96. The van der Waals surface area contributed by atoms with Crippen molar-refractivity contribution in [2.75, 3.05) is 13.1 Å². The Hall–Kier alpha value is -3.44. The zero-order chi connectivity index (χ0) is 26.0.